The highest BCUT2D eigenvalue weighted by Gasteiger charge is 2.42. The number of hydrogen-bond acceptors (Lipinski definition) is 15. The van der Waals surface area contributed by atoms with Crippen LogP contribution >= 0.6 is 11.8 Å². The van der Waals surface area contributed by atoms with Crippen LogP contribution in [0.2, 0.25) is 0 Å². The van der Waals surface area contributed by atoms with E-state index >= 15 is 0 Å². The number of aromatic nitrogens is 2. The molecule has 4 atom stereocenters. The maximum atomic E-state index is 13.2. The van der Waals surface area contributed by atoms with Gasteiger partial charge in [0.25, 0.3) is 5.91 Å². The molecule has 5 aliphatic heterocycles. The van der Waals surface area contributed by atoms with Crippen molar-refractivity contribution in [3.8, 4) is 22.8 Å². The first-order chi connectivity index (χ1) is 40.5. The Morgan fingerprint density at radius 1 is 0.747 bits per heavy atom. The molecule has 4 fully saturated rings. The standard InChI is InChI=1S/C45H63N9O7.C15H27N3O3S/c1-59-32-33-60-31-7-20-47-39(55)10-5-11-40(56)48-22-26-52-29-27-51(28-30-52)23-6-12-41(57)53-24-18-34(19-25-53)38-17-21-49-45-42(44(46)58)43(50-54(38)45)35-13-15-37(16-14-35)61-36-8-3-2-4-9-36;1-2-21-9-5-8-16-13(19)7-4-3-6-12-14-11(10-22-12)17-15(20)18-14/h2-4,6,8-9,12-16,34,38,49H,5,7,10-11,17-33H2,1H3,(H2,46,58)(H,47,55)(H,48,56);11-12,14H,2-10H2,1H3,(H,16,19)(H2,17,18,20)/b12-6+;/t38-;11-,12-,14-/m01/s1. The monoisotopic (exact) mass is 1170 g/mol. The maximum Gasteiger partial charge on any atom is 0.315 e. The number of piperazine rings is 1. The number of likely N-dealkylation sites (tertiary alicyclic amines) is 1. The van der Waals surface area contributed by atoms with Gasteiger partial charge in [-0.25, -0.2) is 9.48 Å². The number of thioether (sulfide) groups is 1. The van der Waals surface area contributed by atoms with Gasteiger partial charge in [0.15, 0.2) is 0 Å². The summed E-state index contributed by atoms with van der Waals surface area (Å²) in [5, 5.41) is 23.6. The molecule has 0 aliphatic carbocycles. The Morgan fingerprint density at radius 2 is 1.41 bits per heavy atom. The fraction of sp³-hybridized carbons (Fsp3) is 0.617. The number of piperidine rings is 1. The van der Waals surface area contributed by atoms with Crippen molar-refractivity contribution in [3.63, 3.8) is 0 Å². The summed E-state index contributed by atoms with van der Waals surface area (Å²) in [7, 11) is 1.63. The van der Waals surface area contributed by atoms with E-state index in [1.807, 2.05) is 88.9 Å². The van der Waals surface area contributed by atoms with Gasteiger partial charge >= 0.3 is 6.03 Å². The summed E-state index contributed by atoms with van der Waals surface area (Å²) in [5.74, 6) is 2.95. The lowest BCUT2D eigenvalue weighted by Gasteiger charge is -2.38. The van der Waals surface area contributed by atoms with E-state index in [-0.39, 0.29) is 47.8 Å². The van der Waals surface area contributed by atoms with Crippen LogP contribution in [0, 0.1) is 5.92 Å². The molecule has 83 heavy (non-hydrogen) atoms. The lowest BCUT2D eigenvalue weighted by atomic mass is 9.87. The Balaban J connectivity index is 0.000000376. The van der Waals surface area contributed by atoms with Gasteiger partial charge in [0, 0.05) is 147 Å². The van der Waals surface area contributed by atoms with Crippen LogP contribution in [0.4, 0.5) is 10.6 Å². The summed E-state index contributed by atoms with van der Waals surface area (Å²) in [5.41, 5.74) is 7.68. The number of rotatable bonds is 32. The number of benzene rings is 2. The van der Waals surface area contributed by atoms with Crippen LogP contribution in [0.3, 0.4) is 0 Å². The van der Waals surface area contributed by atoms with Gasteiger partial charge in [0.2, 0.25) is 23.6 Å². The van der Waals surface area contributed by atoms with E-state index in [1.165, 1.54) is 0 Å². The predicted octanol–water partition coefficient (Wildman–Crippen LogP) is 4.92. The minimum absolute atomic E-state index is 0.0308. The van der Waals surface area contributed by atoms with Crippen LogP contribution in [-0.4, -0.2) is 202 Å². The second-order valence-electron chi connectivity index (χ2n) is 21.6. The van der Waals surface area contributed by atoms with Gasteiger partial charge in [-0.2, -0.15) is 16.9 Å². The van der Waals surface area contributed by atoms with Crippen molar-refractivity contribution in [2.45, 2.75) is 107 Å². The lowest BCUT2D eigenvalue weighted by molar-refractivity contribution is -0.127. The third-order valence-electron chi connectivity index (χ3n) is 15.6. The molecule has 6 heterocycles. The smallest absolute Gasteiger partial charge is 0.315 e. The first-order valence-electron chi connectivity index (χ1n) is 30.0. The largest absolute Gasteiger partial charge is 0.457 e. The number of nitrogens with one attached hydrogen (secondary N) is 6. The van der Waals surface area contributed by atoms with E-state index < -0.39 is 5.91 Å². The molecular formula is C60H90N12O10S. The number of primary amides is 1. The van der Waals surface area contributed by atoms with Crippen LogP contribution in [0.5, 0.6) is 11.5 Å². The zero-order valence-electron chi connectivity index (χ0n) is 48.8. The van der Waals surface area contributed by atoms with Gasteiger partial charge in [-0.1, -0.05) is 30.7 Å². The number of urea groups is 1. The summed E-state index contributed by atoms with van der Waals surface area (Å²) in [6, 6.07) is 17.7. The first-order valence-corrected chi connectivity index (χ1v) is 31.1. The Kier molecular flexibility index (Phi) is 27.2. The molecule has 0 saturated carbocycles. The van der Waals surface area contributed by atoms with Gasteiger partial charge in [0.05, 0.1) is 31.3 Å². The number of carbonyl (C=O) groups excluding carboxylic acids is 6. The molecule has 0 unspecified atom stereocenters. The van der Waals surface area contributed by atoms with Crippen molar-refractivity contribution in [3.05, 3.63) is 72.3 Å². The summed E-state index contributed by atoms with van der Waals surface area (Å²) in [4.78, 5) is 79.9. The molecule has 1 aromatic heterocycles. The van der Waals surface area contributed by atoms with E-state index in [1.54, 1.807) is 13.2 Å². The van der Waals surface area contributed by atoms with Gasteiger partial charge in [0.1, 0.15) is 28.6 Å². The number of fused-ring (bicyclic) bond motifs is 2. The SMILES string of the molecule is CCOCCCNC(=O)CCCC[C@H]1SC[C@H]2NC(=O)N[C@H]21.COCCOCCCNC(=O)CCCC(=O)NCCN1CCN(C/C=C/C(=O)N2CCC([C@@H]3CCNc4c(C(N)=O)c(-c5ccc(Oc6ccccc6)cc5)nn43)CC2)CC1. The van der Waals surface area contributed by atoms with E-state index in [9.17, 15) is 28.8 Å². The minimum atomic E-state index is -0.524. The normalized spacial score (nSPS) is 19.8. The van der Waals surface area contributed by atoms with Gasteiger partial charge in [-0.3, -0.25) is 33.8 Å². The zero-order chi connectivity index (χ0) is 58.6. The average Bonchev–Trinajstić information content (AvgIpc) is 4.28. The van der Waals surface area contributed by atoms with Crippen LogP contribution < -0.4 is 42.4 Å². The maximum absolute atomic E-state index is 13.2. The molecule has 0 radical (unpaired) electrons. The second-order valence-corrected chi connectivity index (χ2v) is 22.9. The van der Waals surface area contributed by atoms with Crippen LogP contribution in [-0.2, 0) is 33.4 Å². The van der Waals surface area contributed by atoms with Crippen molar-refractivity contribution >= 4 is 53.1 Å². The molecule has 4 saturated heterocycles. The molecular weight excluding hydrogens is 1080 g/mol. The van der Waals surface area contributed by atoms with E-state index in [4.69, 9.17) is 29.8 Å². The fourth-order valence-corrected chi connectivity index (χ4v) is 12.6. The molecule has 8 rings (SSSR count). The fourth-order valence-electron chi connectivity index (χ4n) is 11.1. The van der Waals surface area contributed by atoms with E-state index in [0.717, 1.165) is 108 Å². The van der Waals surface area contributed by atoms with Crippen molar-refractivity contribution in [2.24, 2.45) is 11.7 Å². The first kappa shape index (κ1) is 64.3. The molecule has 5 aliphatic rings. The highest BCUT2D eigenvalue weighted by atomic mass is 32.2. The number of para-hydroxylation sites is 1. The zero-order valence-corrected chi connectivity index (χ0v) is 49.6. The number of anilines is 1. The third-order valence-corrected chi connectivity index (χ3v) is 17.2. The Bertz CT molecular complexity index is 2520. The van der Waals surface area contributed by atoms with Crippen LogP contribution in [0.15, 0.2) is 66.7 Å². The molecule has 22 nitrogen and oxygen atoms in total. The highest BCUT2D eigenvalue weighted by Crippen LogP contribution is 2.40. The summed E-state index contributed by atoms with van der Waals surface area (Å²) in [6.07, 6.45) is 12.6. The topological polar surface area (TPSA) is 265 Å². The molecule has 0 spiro atoms. The number of methoxy groups -OCH3 is 1. The Hall–Kier alpha value is -6.24. The Morgan fingerprint density at radius 3 is 2.10 bits per heavy atom. The number of ether oxygens (including phenoxy) is 4. The molecule has 0 bridgehead atoms. The number of carbonyl (C=O) groups is 6. The third kappa shape index (κ3) is 21.1. The van der Waals surface area contributed by atoms with Crippen molar-refractivity contribution in [2.75, 3.05) is 130 Å². The average molecular weight is 1170 g/mol. The molecule has 7 amide bonds. The lowest BCUT2D eigenvalue weighted by Crippen LogP contribution is -2.48. The molecule has 23 heteroatoms. The molecule has 2 aromatic carbocycles. The summed E-state index contributed by atoms with van der Waals surface area (Å²) < 4.78 is 23.5. The van der Waals surface area contributed by atoms with E-state index in [0.29, 0.717) is 132 Å². The van der Waals surface area contributed by atoms with Crippen LogP contribution in [0.25, 0.3) is 11.3 Å². The van der Waals surface area contributed by atoms with Gasteiger partial charge in [-0.15, -0.1) is 0 Å². The molecule has 456 valence electrons. The summed E-state index contributed by atoms with van der Waals surface area (Å²) >= 11 is 1.93. The molecule has 8 N–H and O–H groups in total. The van der Waals surface area contributed by atoms with Gasteiger partial charge in [-0.05, 0) is 101 Å². The summed E-state index contributed by atoms with van der Waals surface area (Å²) in [6.45, 7) is 14.0. The predicted molar refractivity (Wildman–Crippen MR) is 321 cm³/mol. The van der Waals surface area contributed by atoms with Crippen molar-refractivity contribution < 1.29 is 47.7 Å². The van der Waals surface area contributed by atoms with Crippen molar-refractivity contribution in [1.82, 2.24) is 51.1 Å². The Labute approximate surface area is 493 Å². The number of hydrogen-bond donors (Lipinski definition) is 7. The quantitative estimate of drug-likeness (QED) is 0.0249. The number of unbranched alkanes of at least 4 members (excludes halogenated alkanes) is 1. The number of nitrogens with two attached hydrogens (primary N) is 1. The highest BCUT2D eigenvalue weighted by molar-refractivity contribution is 8.00. The number of nitrogens with zero attached hydrogens (tertiary/aromatic N) is 5. The second kappa shape index (κ2) is 35.1. The van der Waals surface area contributed by atoms with Gasteiger partial charge < -0.3 is 61.5 Å². The molecule has 3 aromatic rings. The minimum Gasteiger partial charge on any atom is -0.457 e. The van der Waals surface area contributed by atoms with Crippen molar-refractivity contribution in [1.29, 1.82) is 0 Å². The van der Waals surface area contributed by atoms with Crippen LogP contribution in [0.1, 0.15) is 100 Å². The number of amides is 7. The van der Waals surface area contributed by atoms with E-state index in [2.05, 4.69) is 41.7 Å².